The molecule has 2 saturated heterocycles. The van der Waals surface area contributed by atoms with Crippen molar-refractivity contribution in [2.45, 2.75) is 57.1 Å². The SMILES string of the molecule is O=S(=O)(CC1CCCCO1)N1CCCCC1Cc1ccccc1. The first-order chi connectivity index (χ1) is 11.1. The topological polar surface area (TPSA) is 46.6 Å². The molecule has 4 nitrogen and oxygen atoms in total. The lowest BCUT2D eigenvalue weighted by molar-refractivity contribution is 0.0295. The van der Waals surface area contributed by atoms with Crippen molar-refractivity contribution < 1.29 is 13.2 Å². The molecule has 2 aliphatic heterocycles. The first-order valence-corrected chi connectivity index (χ1v) is 10.4. The smallest absolute Gasteiger partial charge is 0.216 e. The monoisotopic (exact) mass is 337 g/mol. The van der Waals surface area contributed by atoms with Crippen molar-refractivity contribution in [1.29, 1.82) is 0 Å². The lowest BCUT2D eigenvalue weighted by atomic mass is 9.98. The van der Waals surface area contributed by atoms with Crippen LogP contribution in [-0.2, 0) is 21.2 Å². The highest BCUT2D eigenvalue weighted by Crippen LogP contribution is 2.25. The molecule has 0 aliphatic carbocycles. The molecular formula is C18H27NO3S. The van der Waals surface area contributed by atoms with E-state index in [0.29, 0.717) is 13.2 Å². The van der Waals surface area contributed by atoms with Crippen LogP contribution in [0.1, 0.15) is 44.1 Å². The molecule has 0 amide bonds. The highest BCUT2D eigenvalue weighted by molar-refractivity contribution is 7.89. The second kappa shape index (κ2) is 7.77. The van der Waals surface area contributed by atoms with E-state index >= 15 is 0 Å². The van der Waals surface area contributed by atoms with E-state index in [9.17, 15) is 8.42 Å². The number of nitrogens with zero attached hydrogens (tertiary/aromatic N) is 1. The van der Waals surface area contributed by atoms with Gasteiger partial charge in [0.2, 0.25) is 10.0 Å². The highest BCUT2D eigenvalue weighted by Gasteiger charge is 2.34. The molecule has 1 aromatic carbocycles. The van der Waals surface area contributed by atoms with Crippen LogP contribution in [0.4, 0.5) is 0 Å². The standard InChI is InChI=1S/C18H27NO3S/c20-23(21,15-18-11-5-7-13-22-18)19-12-6-4-10-17(19)14-16-8-2-1-3-9-16/h1-3,8-9,17-18H,4-7,10-15H2. The number of benzene rings is 1. The third-order valence-electron chi connectivity index (χ3n) is 4.92. The summed E-state index contributed by atoms with van der Waals surface area (Å²) in [5, 5.41) is 0. The predicted molar refractivity (Wildman–Crippen MR) is 91.9 cm³/mol. The summed E-state index contributed by atoms with van der Waals surface area (Å²) in [7, 11) is -3.24. The summed E-state index contributed by atoms with van der Waals surface area (Å²) in [6, 6.07) is 10.3. The molecule has 2 fully saturated rings. The fourth-order valence-electron chi connectivity index (χ4n) is 3.70. The van der Waals surface area contributed by atoms with E-state index in [1.807, 2.05) is 18.2 Å². The Hall–Kier alpha value is -0.910. The summed E-state index contributed by atoms with van der Waals surface area (Å²) in [5.74, 6) is 0.151. The molecule has 2 unspecified atom stereocenters. The average molecular weight is 337 g/mol. The molecule has 0 spiro atoms. The van der Waals surface area contributed by atoms with E-state index in [0.717, 1.165) is 44.9 Å². The van der Waals surface area contributed by atoms with Crippen molar-refractivity contribution in [3.05, 3.63) is 35.9 Å². The molecule has 2 heterocycles. The minimum absolute atomic E-state index is 0.0970. The van der Waals surface area contributed by atoms with Crippen molar-refractivity contribution in [2.75, 3.05) is 18.9 Å². The Balaban J connectivity index is 1.69. The van der Waals surface area contributed by atoms with Gasteiger partial charge >= 0.3 is 0 Å². The predicted octanol–water partition coefficient (Wildman–Crippen LogP) is 2.98. The van der Waals surface area contributed by atoms with E-state index in [1.165, 1.54) is 5.56 Å². The Kier molecular flexibility index (Phi) is 5.72. The molecule has 0 radical (unpaired) electrons. The van der Waals surface area contributed by atoms with Gasteiger partial charge in [-0.25, -0.2) is 8.42 Å². The highest BCUT2D eigenvalue weighted by atomic mass is 32.2. The summed E-state index contributed by atoms with van der Waals surface area (Å²) >= 11 is 0. The van der Waals surface area contributed by atoms with E-state index in [-0.39, 0.29) is 17.9 Å². The molecule has 0 saturated carbocycles. The normalized spacial score (nSPS) is 27.0. The van der Waals surface area contributed by atoms with Gasteiger partial charge in [0.05, 0.1) is 11.9 Å². The van der Waals surface area contributed by atoms with Gasteiger partial charge in [0, 0.05) is 19.2 Å². The van der Waals surface area contributed by atoms with Crippen molar-refractivity contribution in [1.82, 2.24) is 4.31 Å². The summed E-state index contributed by atoms with van der Waals surface area (Å²) in [5.41, 5.74) is 1.22. The first-order valence-electron chi connectivity index (χ1n) is 8.80. The molecule has 0 bridgehead atoms. The Labute approximate surface area is 139 Å². The van der Waals surface area contributed by atoms with Gasteiger partial charge < -0.3 is 4.74 Å². The molecule has 0 aromatic heterocycles. The van der Waals surface area contributed by atoms with Crippen LogP contribution >= 0.6 is 0 Å². The van der Waals surface area contributed by atoms with E-state index in [2.05, 4.69) is 12.1 Å². The Morgan fingerprint density at radius 2 is 1.83 bits per heavy atom. The molecule has 1 aromatic rings. The number of hydrogen-bond donors (Lipinski definition) is 0. The van der Waals surface area contributed by atoms with Gasteiger partial charge in [-0.15, -0.1) is 0 Å². The van der Waals surface area contributed by atoms with Crippen LogP contribution in [0.15, 0.2) is 30.3 Å². The zero-order valence-electron chi connectivity index (χ0n) is 13.7. The maximum absolute atomic E-state index is 12.9. The summed E-state index contributed by atoms with van der Waals surface area (Å²) in [6.45, 7) is 1.36. The number of sulfonamides is 1. The third kappa shape index (κ3) is 4.55. The second-order valence-corrected chi connectivity index (χ2v) is 8.68. The summed E-state index contributed by atoms with van der Waals surface area (Å²) < 4.78 is 33.2. The molecular weight excluding hydrogens is 310 g/mol. The van der Waals surface area contributed by atoms with Crippen molar-refractivity contribution in [3.8, 4) is 0 Å². The Bertz CT molecular complexity index is 582. The van der Waals surface area contributed by atoms with Crippen LogP contribution < -0.4 is 0 Å². The molecule has 2 aliphatic rings. The molecule has 0 N–H and O–H groups in total. The fourth-order valence-corrected chi connectivity index (χ4v) is 5.67. The lowest BCUT2D eigenvalue weighted by Crippen LogP contribution is -2.47. The Morgan fingerprint density at radius 3 is 2.57 bits per heavy atom. The van der Waals surface area contributed by atoms with Crippen LogP contribution in [0.3, 0.4) is 0 Å². The zero-order chi connectivity index (χ0) is 16.1. The van der Waals surface area contributed by atoms with E-state index in [4.69, 9.17) is 4.74 Å². The van der Waals surface area contributed by atoms with Crippen LogP contribution in [0.25, 0.3) is 0 Å². The largest absolute Gasteiger partial charge is 0.377 e. The first kappa shape index (κ1) is 16.9. The molecule has 2 atom stereocenters. The van der Waals surface area contributed by atoms with Gasteiger partial charge in [0.25, 0.3) is 0 Å². The summed E-state index contributed by atoms with van der Waals surface area (Å²) in [4.78, 5) is 0. The van der Waals surface area contributed by atoms with Crippen LogP contribution in [-0.4, -0.2) is 43.8 Å². The minimum Gasteiger partial charge on any atom is -0.377 e. The van der Waals surface area contributed by atoms with Gasteiger partial charge in [0.15, 0.2) is 0 Å². The summed E-state index contributed by atoms with van der Waals surface area (Å²) in [6.07, 6.45) is 6.74. The van der Waals surface area contributed by atoms with Crippen LogP contribution in [0, 0.1) is 0 Å². The number of rotatable bonds is 5. The maximum Gasteiger partial charge on any atom is 0.216 e. The van der Waals surface area contributed by atoms with Crippen molar-refractivity contribution in [3.63, 3.8) is 0 Å². The lowest BCUT2D eigenvalue weighted by Gasteiger charge is -2.36. The van der Waals surface area contributed by atoms with Crippen LogP contribution in [0.5, 0.6) is 0 Å². The molecule has 128 valence electrons. The van der Waals surface area contributed by atoms with Crippen molar-refractivity contribution in [2.24, 2.45) is 0 Å². The van der Waals surface area contributed by atoms with Gasteiger partial charge in [0.1, 0.15) is 0 Å². The zero-order valence-corrected chi connectivity index (χ0v) is 14.5. The molecule has 23 heavy (non-hydrogen) atoms. The van der Waals surface area contributed by atoms with Gasteiger partial charge in [-0.2, -0.15) is 4.31 Å². The van der Waals surface area contributed by atoms with E-state index in [1.54, 1.807) is 4.31 Å². The quantitative estimate of drug-likeness (QED) is 0.830. The second-order valence-electron chi connectivity index (χ2n) is 6.72. The van der Waals surface area contributed by atoms with Gasteiger partial charge in [-0.1, -0.05) is 36.8 Å². The minimum atomic E-state index is -3.24. The average Bonchev–Trinajstić information content (AvgIpc) is 2.57. The number of ether oxygens (including phenoxy) is 1. The van der Waals surface area contributed by atoms with E-state index < -0.39 is 10.0 Å². The van der Waals surface area contributed by atoms with Gasteiger partial charge in [-0.3, -0.25) is 0 Å². The molecule has 3 rings (SSSR count). The fraction of sp³-hybridized carbons (Fsp3) is 0.667. The number of piperidine rings is 1. The Morgan fingerprint density at radius 1 is 1.04 bits per heavy atom. The van der Waals surface area contributed by atoms with Crippen LogP contribution in [0.2, 0.25) is 0 Å². The van der Waals surface area contributed by atoms with Crippen molar-refractivity contribution >= 4 is 10.0 Å². The number of hydrogen-bond acceptors (Lipinski definition) is 3. The third-order valence-corrected chi connectivity index (χ3v) is 6.90. The molecule has 5 heteroatoms. The maximum atomic E-state index is 12.9. The van der Waals surface area contributed by atoms with Gasteiger partial charge in [-0.05, 0) is 44.1 Å².